The minimum atomic E-state index is -0.244. The van der Waals surface area contributed by atoms with E-state index >= 15 is 0 Å². The molecule has 1 saturated carbocycles. The number of nitrogens with zero attached hydrogens (tertiary/aromatic N) is 4. The molecular formula is C23H25FN4O. The Morgan fingerprint density at radius 3 is 2.48 bits per heavy atom. The summed E-state index contributed by atoms with van der Waals surface area (Å²) >= 11 is 0. The maximum absolute atomic E-state index is 13.4. The zero-order chi connectivity index (χ0) is 19.8. The van der Waals surface area contributed by atoms with Gasteiger partial charge in [-0.05, 0) is 49.2 Å². The van der Waals surface area contributed by atoms with Gasteiger partial charge in [0, 0.05) is 50.4 Å². The summed E-state index contributed by atoms with van der Waals surface area (Å²) in [4.78, 5) is 21.7. The summed E-state index contributed by atoms with van der Waals surface area (Å²) in [5, 5.41) is 0. The van der Waals surface area contributed by atoms with Crippen molar-refractivity contribution in [3.63, 3.8) is 0 Å². The third kappa shape index (κ3) is 3.53. The molecule has 1 saturated heterocycles. The number of hydrogen-bond acceptors (Lipinski definition) is 3. The van der Waals surface area contributed by atoms with E-state index < -0.39 is 0 Å². The molecule has 0 spiro atoms. The van der Waals surface area contributed by atoms with E-state index in [1.165, 1.54) is 18.6 Å². The summed E-state index contributed by atoms with van der Waals surface area (Å²) in [5.41, 5.74) is 3.81. The van der Waals surface area contributed by atoms with Crippen molar-refractivity contribution < 1.29 is 9.18 Å². The second-order valence-electron chi connectivity index (χ2n) is 8.07. The number of aromatic nitrogens is 2. The summed E-state index contributed by atoms with van der Waals surface area (Å²) in [6.07, 6.45) is 5.33. The molecule has 2 aromatic heterocycles. The van der Waals surface area contributed by atoms with E-state index in [1.807, 2.05) is 29.3 Å². The second-order valence-corrected chi connectivity index (χ2v) is 8.07. The normalized spacial score (nSPS) is 18.2. The molecule has 0 bridgehead atoms. The van der Waals surface area contributed by atoms with Crippen LogP contribution in [0.4, 0.5) is 4.39 Å². The van der Waals surface area contributed by atoms with Crippen LogP contribution in [-0.4, -0.2) is 51.3 Å². The molecule has 2 fully saturated rings. The number of carbonyl (C=O) groups excluding carboxylic acids is 1. The van der Waals surface area contributed by atoms with Gasteiger partial charge in [0.05, 0.1) is 11.4 Å². The van der Waals surface area contributed by atoms with Crippen molar-refractivity contribution in [2.24, 2.45) is 5.92 Å². The molecule has 0 N–H and O–H groups in total. The first-order valence-corrected chi connectivity index (χ1v) is 10.4. The van der Waals surface area contributed by atoms with Gasteiger partial charge in [0.25, 0.3) is 0 Å². The SMILES string of the molecule is O=C(C1CCC1)N1CCN(Cc2c(-c3ccc(F)cc3)nc3ccccn23)CC1. The highest BCUT2D eigenvalue weighted by molar-refractivity contribution is 5.79. The average molecular weight is 392 g/mol. The fraction of sp³-hybridized carbons (Fsp3) is 0.391. The number of piperazine rings is 1. The first-order chi connectivity index (χ1) is 14.2. The largest absolute Gasteiger partial charge is 0.340 e. The Kier molecular flexibility index (Phi) is 4.79. The molecule has 3 heterocycles. The lowest BCUT2D eigenvalue weighted by molar-refractivity contribution is -0.140. The van der Waals surface area contributed by atoms with Gasteiger partial charge in [0.2, 0.25) is 5.91 Å². The van der Waals surface area contributed by atoms with Crippen molar-refractivity contribution in [1.29, 1.82) is 0 Å². The molecule has 1 aromatic carbocycles. The quantitative estimate of drug-likeness (QED) is 0.681. The predicted molar refractivity (Wildman–Crippen MR) is 110 cm³/mol. The minimum absolute atomic E-state index is 0.244. The van der Waals surface area contributed by atoms with E-state index in [1.54, 1.807) is 12.1 Å². The molecule has 5 rings (SSSR count). The van der Waals surface area contributed by atoms with Crippen LogP contribution in [-0.2, 0) is 11.3 Å². The molecule has 3 aromatic rings. The molecule has 1 aliphatic heterocycles. The number of carbonyl (C=O) groups is 1. The van der Waals surface area contributed by atoms with Crippen molar-refractivity contribution in [2.75, 3.05) is 26.2 Å². The molecule has 6 heteroatoms. The molecule has 2 aliphatic rings. The Morgan fingerprint density at radius 2 is 1.79 bits per heavy atom. The average Bonchev–Trinajstić information content (AvgIpc) is 3.06. The predicted octanol–water partition coefficient (Wildman–Crippen LogP) is 3.58. The van der Waals surface area contributed by atoms with Crippen LogP contribution in [0.1, 0.15) is 25.0 Å². The topological polar surface area (TPSA) is 40.9 Å². The Bertz CT molecular complexity index is 1020. The molecule has 0 atom stereocenters. The van der Waals surface area contributed by atoms with Gasteiger partial charge in [-0.15, -0.1) is 0 Å². The lowest BCUT2D eigenvalue weighted by Crippen LogP contribution is -2.50. The summed E-state index contributed by atoms with van der Waals surface area (Å²) < 4.78 is 15.5. The van der Waals surface area contributed by atoms with E-state index in [9.17, 15) is 9.18 Å². The van der Waals surface area contributed by atoms with Crippen LogP contribution in [0.5, 0.6) is 0 Å². The van der Waals surface area contributed by atoms with Crippen molar-refractivity contribution in [2.45, 2.75) is 25.8 Å². The van der Waals surface area contributed by atoms with E-state index in [2.05, 4.69) is 9.30 Å². The maximum Gasteiger partial charge on any atom is 0.225 e. The molecule has 5 nitrogen and oxygen atoms in total. The highest BCUT2D eigenvalue weighted by atomic mass is 19.1. The Hall–Kier alpha value is -2.73. The van der Waals surface area contributed by atoms with Gasteiger partial charge in [-0.2, -0.15) is 0 Å². The third-order valence-corrected chi connectivity index (χ3v) is 6.26. The summed E-state index contributed by atoms with van der Waals surface area (Å²) in [7, 11) is 0. The molecule has 0 radical (unpaired) electrons. The molecule has 150 valence electrons. The number of hydrogen-bond donors (Lipinski definition) is 0. The zero-order valence-corrected chi connectivity index (χ0v) is 16.4. The highest BCUT2D eigenvalue weighted by Crippen LogP contribution is 2.29. The van der Waals surface area contributed by atoms with Crippen molar-refractivity contribution in [1.82, 2.24) is 19.2 Å². The molecular weight excluding hydrogens is 367 g/mol. The van der Waals surface area contributed by atoms with Crippen molar-refractivity contribution in [3.05, 3.63) is 60.2 Å². The van der Waals surface area contributed by atoms with Crippen LogP contribution in [0, 0.1) is 11.7 Å². The second kappa shape index (κ2) is 7.59. The fourth-order valence-corrected chi connectivity index (χ4v) is 4.29. The van der Waals surface area contributed by atoms with Gasteiger partial charge in [-0.3, -0.25) is 9.69 Å². The minimum Gasteiger partial charge on any atom is -0.340 e. The van der Waals surface area contributed by atoms with E-state index in [4.69, 9.17) is 4.98 Å². The lowest BCUT2D eigenvalue weighted by Gasteiger charge is -2.38. The smallest absolute Gasteiger partial charge is 0.225 e. The monoisotopic (exact) mass is 392 g/mol. The summed E-state index contributed by atoms with van der Waals surface area (Å²) in [5.74, 6) is 0.370. The van der Waals surface area contributed by atoms with Crippen LogP contribution in [0.15, 0.2) is 48.7 Å². The van der Waals surface area contributed by atoms with Crippen LogP contribution in [0.3, 0.4) is 0 Å². The first-order valence-electron chi connectivity index (χ1n) is 10.4. The van der Waals surface area contributed by atoms with E-state index in [-0.39, 0.29) is 11.7 Å². The number of pyridine rings is 1. The number of benzene rings is 1. The van der Waals surface area contributed by atoms with Crippen LogP contribution >= 0.6 is 0 Å². The van der Waals surface area contributed by atoms with Crippen LogP contribution in [0.25, 0.3) is 16.9 Å². The third-order valence-electron chi connectivity index (χ3n) is 6.26. The van der Waals surface area contributed by atoms with Crippen molar-refractivity contribution in [3.8, 4) is 11.3 Å². The lowest BCUT2D eigenvalue weighted by atomic mass is 9.84. The number of halogens is 1. The highest BCUT2D eigenvalue weighted by Gasteiger charge is 2.31. The summed E-state index contributed by atoms with van der Waals surface area (Å²) in [6.45, 7) is 4.06. The number of rotatable bonds is 4. The number of fused-ring (bicyclic) bond motifs is 1. The standard InChI is InChI=1S/C23H25FN4O/c24-19-9-7-17(8-10-19)22-20(28-11-2-1-6-21(28)25-22)16-26-12-14-27(15-13-26)23(29)18-4-3-5-18/h1-2,6-11,18H,3-5,12-16H2. The Labute approximate surface area is 169 Å². The zero-order valence-electron chi connectivity index (χ0n) is 16.4. The van der Waals surface area contributed by atoms with Gasteiger partial charge in [0.15, 0.2) is 0 Å². The van der Waals surface area contributed by atoms with Gasteiger partial charge in [-0.25, -0.2) is 9.37 Å². The van der Waals surface area contributed by atoms with E-state index in [0.717, 1.165) is 68.2 Å². The maximum atomic E-state index is 13.4. The van der Waals surface area contributed by atoms with Crippen LogP contribution in [0.2, 0.25) is 0 Å². The Morgan fingerprint density at radius 1 is 1.03 bits per heavy atom. The molecule has 0 unspecified atom stereocenters. The van der Waals surface area contributed by atoms with Gasteiger partial charge in [0.1, 0.15) is 11.5 Å². The van der Waals surface area contributed by atoms with E-state index in [0.29, 0.717) is 5.91 Å². The number of amides is 1. The summed E-state index contributed by atoms with van der Waals surface area (Å²) in [6, 6.07) is 12.5. The first kappa shape index (κ1) is 18.3. The fourth-order valence-electron chi connectivity index (χ4n) is 4.29. The van der Waals surface area contributed by atoms with Gasteiger partial charge in [-0.1, -0.05) is 12.5 Å². The molecule has 1 aliphatic carbocycles. The van der Waals surface area contributed by atoms with Gasteiger partial charge < -0.3 is 9.30 Å². The van der Waals surface area contributed by atoms with Crippen molar-refractivity contribution >= 4 is 11.6 Å². The molecule has 29 heavy (non-hydrogen) atoms. The molecule has 1 amide bonds. The van der Waals surface area contributed by atoms with Gasteiger partial charge >= 0.3 is 0 Å². The Balaban J connectivity index is 1.37. The number of imidazole rings is 1. The van der Waals surface area contributed by atoms with Crippen LogP contribution < -0.4 is 0 Å².